The van der Waals surface area contributed by atoms with E-state index >= 15 is 0 Å². The monoisotopic (exact) mass is 230 g/mol. The van der Waals surface area contributed by atoms with Crippen molar-refractivity contribution in [3.63, 3.8) is 0 Å². The van der Waals surface area contributed by atoms with Crippen molar-refractivity contribution in [3.05, 3.63) is 35.4 Å². The molecule has 0 radical (unpaired) electrons. The van der Waals surface area contributed by atoms with Crippen molar-refractivity contribution >= 4 is 33.5 Å². The minimum atomic E-state index is -0.101. The van der Waals surface area contributed by atoms with E-state index in [1.807, 2.05) is 13.8 Å². The fraction of sp³-hybridized carbons (Fsp3) is 0.200. The minimum Gasteiger partial charge on any atom is -0.289 e. The van der Waals surface area contributed by atoms with Crippen molar-refractivity contribution in [1.29, 1.82) is 10.8 Å². The molecule has 14 heavy (non-hydrogen) atoms. The van der Waals surface area contributed by atoms with Gasteiger partial charge in [-0.2, -0.15) is 0 Å². The average Bonchev–Trinajstić information content (AvgIpc) is 2.20. The van der Waals surface area contributed by atoms with Gasteiger partial charge in [0.05, 0.1) is 0 Å². The summed E-state index contributed by atoms with van der Waals surface area (Å²) in [5.74, 6) is 0. The second kappa shape index (κ2) is 6.57. The molecule has 1 aromatic rings. The molecule has 0 amide bonds. The molecule has 0 aromatic heterocycles. The molecule has 0 unspecified atom stereocenters. The van der Waals surface area contributed by atoms with Crippen LogP contribution in [0.2, 0.25) is 0 Å². The first kappa shape index (κ1) is 13.1. The van der Waals surface area contributed by atoms with E-state index in [1.54, 1.807) is 24.3 Å². The molecule has 1 aromatic carbocycles. The predicted octanol–water partition coefficient (Wildman–Crippen LogP) is 3.84. The molecule has 0 saturated carbocycles. The summed E-state index contributed by atoms with van der Waals surface area (Å²) in [4.78, 5) is 0. The van der Waals surface area contributed by atoms with Gasteiger partial charge in [-0.1, -0.05) is 61.3 Å². The molecule has 0 atom stereocenters. The zero-order valence-electron chi connectivity index (χ0n) is 8.07. The van der Waals surface area contributed by atoms with Gasteiger partial charge in [0.15, 0.2) is 0 Å². The Morgan fingerprint density at radius 3 is 1.43 bits per heavy atom. The van der Waals surface area contributed by atoms with Gasteiger partial charge < -0.3 is 0 Å². The number of hydrogen-bond donors (Lipinski definition) is 2. The zero-order chi connectivity index (χ0) is 11.1. The van der Waals surface area contributed by atoms with Crippen LogP contribution in [0, 0.1) is 10.8 Å². The second-order valence-electron chi connectivity index (χ2n) is 2.17. The molecule has 0 saturated heterocycles. The maximum absolute atomic E-state index is 7.18. The molecule has 0 aliphatic heterocycles. The zero-order valence-corrected chi connectivity index (χ0v) is 9.58. The third-order valence-electron chi connectivity index (χ3n) is 1.40. The SMILES string of the molecule is CC.N=C(Cl)c1ccccc1C(=N)Cl. The van der Waals surface area contributed by atoms with Crippen LogP contribution in [0.3, 0.4) is 0 Å². The van der Waals surface area contributed by atoms with Gasteiger partial charge in [0.2, 0.25) is 0 Å². The number of halogens is 2. The molecule has 0 aliphatic rings. The van der Waals surface area contributed by atoms with E-state index in [0.29, 0.717) is 11.1 Å². The quantitative estimate of drug-likeness (QED) is 0.726. The van der Waals surface area contributed by atoms with Crippen LogP contribution in [0.1, 0.15) is 25.0 Å². The lowest BCUT2D eigenvalue weighted by molar-refractivity contribution is 1.48. The standard InChI is InChI=1S/C8H6Cl2N2.C2H6/c9-7(11)5-3-1-2-4-6(5)8(10)12;1-2/h1-4,11-12H;1-2H3. The third-order valence-corrected chi connectivity index (χ3v) is 1.81. The molecule has 0 aliphatic carbocycles. The van der Waals surface area contributed by atoms with Crippen molar-refractivity contribution in [2.24, 2.45) is 0 Å². The summed E-state index contributed by atoms with van der Waals surface area (Å²) >= 11 is 11.0. The number of benzene rings is 1. The lowest BCUT2D eigenvalue weighted by Gasteiger charge is -2.02. The van der Waals surface area contributed by atoms with E-state index in [2.05, 4.69) is 0 Å². The van der Waals surface area contributed by atoms with Gasteiger partial charge in [-0.15, -0.1) is 0 Å². The summed E-state index contributed by atoms with van der Waals surface area (Å²) < 4.78 is 0. The average molecular weight is 231 g/mol. The van der Waals surface area contributed by atoms with Gasteiger partial charge in [0, 0.05) is 11.1 Å². The first-order valence-electron chi connectivity index (χ1n) is 4.21. The van der Waals surface area contributed by atoms with E-state index in [0.717, 1.165) is 0 Å². The first-order chi connectivity index (χ1) is 6.63. The molecular weight excluding hydrogens is 219 g/mol. The Morgan fingerprint density at radius 1 is 0.929 bits per heavy atom. The molecule has 0 spiro atoms. The molecule has 0 heterocycles. The van der Waals surface area contributed by atoms with Crippen LogP contribution in [-0.2, 0) is 0 Å². The van der Waals surface area contributed by atoms with E-state index in [4.69, 9.17) is 34.0 Å². The summed E-state index contributed by atoms with van der Waals surface area (Å²) in [6.45, 7) is 4.00. The van der Waals surface area contributed by atoms with Crippen LogP contribution in [-0.4, -0.2) is 10.3 Å². The Labute approximate surface area is 93.9 Å². The summed E-state index contributed by atoms with van der Waals surface area (Å²) in [5, 5.41) is 14.2. The Morgan fingerprint density at radius 2 is 1.21 bits per heavy atom. The summed E-state index contributed by atoms with van der Waals surface area (Å²) in [5.41, 5.74) is 0.971. The van der Waals surface area contributed by atoms with Crippen molar-refractivity contribution in [3.8, 4) is 0 Å². The van der Waals surface area contributed by atoms with Gasteiger partial charge in [0.1, 0.15) is 10.3 Å². The van der Waals surface area contributed by atoms with Crippen molar-refractivity contribution in [2.45, 2.75) is 13.8 Å². The van der Waals surface area contributed by atoms with Gasteiger partial charge in [-0.25, -0.2) is 0 Å². The number of hydrogen-bond acceptors (Lipinski definition) is 2. The Balaban J connectivity index is 0.000000791. The molecule has 4 heteroatoms. The van der Waals surface area contributed by atoms with Gasteiger partial charge in [0.25, 0.3) is 0 Å². The van der Waals surface area contributed by atoms with Crippen LogP contribution >= 0.6 is 23.2 Å². The highest BCUT2D eigenvalue weighted by Gasteiger charge is 2.06. The van der Waals surface area contributed by atoms with Crippen LogP contribution in [0.25, 0.3) is 0 Å². The summed E-state index contributed by atoms with van der Waals surface area (Å²) in [6, 6.07) is 6.80. The predicted molar refractivity (Wildman–Crippen MR) is 63.2 cm³/mol. The van der Waals surface area contributed by atoms with E-state index in [-0.39, 0.29) is 10.3 Å². The fourth-order valence-electron chi connectivity index (χ4n) is 0.866. The Kier molecular flexibility index (Phi) is 6.17. The maximum atomic E-state index is 7.18. The minimum absolute atomic E-state index is 0.101. The normalized spacial score (nSPS) is 8.57. The molecule has 76 valence electrons. The van der Waals surface area contributed by atoms with Crippen LogP contribution in [0.5, 0.6) is 0 Å². The van der Waals surface area contributed by atoms with Crippen molar-refractivity contribution < 1.29 is 0 Å². The molecule has 2 N–H and O–H groups in total. The highest BCUT2D eigenvalue weighted by Crippen LogP contribution is 2.13. The van der Waals surface area contributed by atoms with E-state index < -0.39 is 0 Å². The summed E-state index contributed by atoms with van der Waals surface area (Å²) in [6.07, 6.45) is 0. The van der Waals surface area contributed by atoms with Gasteiger partial charge >= 0.3 is 0 Å². The second-order valence-corrected chi connectivity index (χ2v) is 2.93. The molecule has 0 bridgehead atoms. The van der Waals surface area contributed by atoms with Crippen molar-refractivity contribution in [2.75, 3.05) is 0 Å². The number of nitrogens with one attached hydrogen (secondary N) is 2. The van der Waals surface area contributed by atoms with Crippen LogP contribution in [0.4, 0.5) is 0 Å². The van der Waals surface area contributed by atoms with Crippen LogP contribution < -0.4 is 0 Å². The largest absolute Gasteiger partial charge is 0.289 e. The molecule has 2 nitrogen and oxygen atoms in total. The van der Waals surface area contributed by atoms with E-state index in [9.17, 15) is 0 Å². The highest BCUT2D eigenvalue weighted by atomic mass is 35.5. The Bertz CT molecular complexity index is 302. The Hall–Kier alpha value is -0.860. The molecule has 0 fully saturated rings. The fourth-order valence-corrected chi connectivity index (χ4v) is 1.20. The van der Waals surface area contributed by atoms with Gasteiger partial charge in [-0.05, 0) is 0 Å². The smallest absolute Gasteiger partial charge is 0.128 e. The van der Waals surface area contributed by atoms with E-state index in [1.165, 1.54) is 0 Å². The first-order valence-corrected chi connectivity index (χ1v) is 4.96. The topological polar surface area (TPSA) is 47.7 Å². The molecular formula is C10H12Cl2N2. The number of rotatable bonds is 2. The highest BCUT2D eigenvalue weighted by molar-refractivity contribution is 6.72. The maximum Gasteiger partial charge on any atom is 0.128 e. The molecule has 1 rings (SSSR count). The third kappa shape index (κ3) is 3.48. The van der Waals surface area contributed by atoms with Gasteiger partial charge in [-0.3, -0.25) is 10.8 Å². The van der Waals surface area contributed by atoms with Crippen LogP contribution in [0.15, 0.2) is 24.3 Å². The lowest BCUT2D eigenvalue weighted by Crippen LogP contribution is -1.99. The van der Waals surface area contributed by atoms with Crippen molar-refractivity contribution in [1.82, 2.24) is 0 Å². The summed E-state index contributed by atoms with van der Waals surface area (Å²) in [7, 11) is 0. The lowest BCUT2D eigenvalue weighted by atomic mass is 10.1.